The van der Waals surface area contributed by atoms with Gasteiger partial charge >= 0.3 is 5.97 Å². The van der Waals surface area contributed by atoms with Crippen LogP contribution in [-0.2, 0) is 11.2 Å². The topological polar surface area (TPSA) is 81.5 Å². The van der Waals surface area contributed by atoms with Gasteiger partial charge in [0.15, 0.2) is 17.3 Å². The molecule has 0 saturated heterocycles. The molecular formula is C14H16N4O3S. The third kappa shape index (κ3) is 3.59. The van der Waals surface area contributed by atoms with Gasteiger partial charge in [-0.2, -0.15) is 14.9 Å². The minimum atomic E-state index is -0.406. The van der Waals surface area contributed by atoms with Crippen molar-refractivity contribution in [1.82, 2.24) is 14.9 Å². The van der Waals surface area contributed by atoms with Crippen LogP contribution in [0.4, 0.5) is 0 Å². The van der Waals surface area contributed by atoms with E-state index in [0.717, 1.165) is 11.4 Å². The third-order valence-corrected chi connectivity index (χ3v) is 3.06. The fourth-order valence-corrected chi connectivity index (χ4v) is 2.00. The van der Waals surface area contributed by atoms with Crippen LogP contribution in [0.15, 0.2) is 23.3 Å². The number of aromatic amines is 1. The first-order valence-electron chi connectivity index (χ1n) is 6.62. The largest absolute Gasteiger partial charge is 0.493 e. The maximum atomic E-state index is 11.0. The molecule has 0 atom stereocenters. The number of esters is 1. The highest BCUT2D eigenvalue weighted by Crippen LogP contribution is 2.27. The van der Waals surface area contributed by atoms with E-state index in [-0.39, 0.29) is 0 Å². The molecule has 0 aliphatic carbocycles. The second-order valence-electron chi connectivity index (χ2n) is 4.36. The number of rotatable bonds is 5. The van der Waals surface area contributed by atoms with Crippen molar-refractivity contribution < 1.29 is 14.3 Å². The van der Waals surface area contributed by atoms with E-state index in [9.17, 15) is 4.79 Å². The molecule has 0 radical (unpaired) electrons. The lowest BCUT2D eigenvalue weighted by molar-refractivity contribution is -0.132. The number of ether oxygens (including phenoxy) is 2. The van der Waals surface area contributed by atoms with E-state index in [0.29, 0.717) is 22.7 Å². The lowest BCUT2D eigenvalue weighted by atomic mass is 10.2. The van der Waals surface area contributed by atoms with Crippen molar-refractivity contribution in [3.05, 3.63) is 34.4 Å². The minimum absolute atomic E-state index is 0.362. The molecule has 2 rings (SSSR count). The first-order chi connectivity index (χ1) is 10.5. The summed E-state index contributed by atoms with van der Waals surface area (Å²) < 4.78 is 12.2. The average molecular weight is 320 g/mol. The van der Waals surface area contributed by atoms with E-state index in [1.54, 1.807) is 29.1 Å². The number of hydrogen-bond donors (Lipinski definition) is 1. The molecule has 0 bridgehead atoms. The SMILES string of the molecule is CCc1n[nH]c(=S)n1/N=C\c1ccc(OC(C)=O)c(OC)c1. The molecule has 7 nitrogen and oxygen atoms in total. The summed E-state index contributed by atoms with van der Waals surface area (Å²) >= 11 is 5.12. The van der Waals surface area contributed by atoms with Crippen molar-refractivity contribution in [2.24, 2.45) is 5.10 Å². The molecule has 0 amide bonds. The highest BCUT2D eigenvalue weighted by Gasteiger charge is 2.07. The molecule has 8 heteroatoms. The van der Waals surface area contributed by atoms with E-state index in [1.807, 2.05) is 6.92 Å². The Kier molecular flexibility index (Phi) is 5.05. The summed E-state index contributed by atoms with van der Waals surface area (Å²) in [4.78, 5) is 11.0. The normalized spacial score (nSPS) is 10.9. The summed E-state index contributed by atoms with van der Waals surface area (Å²) in [5.41, 5.74) is 0.776. The van der Waals surface area contributed by atoms with Crippen molar-refractivity contribution in [2.45, 2.75) is 20.3 Å². The number of aromatic nitrogens is 3. The number of aryl methyl sites for hydroxylation is 1. The van der Waals surface area contributed by atoms with E-state index in [1.165, 1.54) is 14.0 Å². The first-order valence-corrected chi connectivity index (χ1v) is 7.03. The quantitative estimate of drug-likeness (QED) is 0.396. The third-order valence-electron chi connectivity index (χ3n) is 2.80. The lowest BCUT2D eigenvalue weighted by Crippen LogP contribution is -2.03. The van der Waals surface area contributed by atoms with Gasteiger partial charge in [-0.05, 0) is 36.0 Å². The fourth-order valence-electron chi connectivity index (χ4n) is 1.80. The van der Waals surface area contributed by atoms with Gasteiger partial charge in [-0.15, -0.1) is 0 Å². The summed E-state index contributed by atoms with van der Waals surface area (Å²) in [5, 5.41) is 11.1. The second kappa shape index (κ2) is 6.99. The fraction of sp³-hybridized carbons (Fsp3) is 0.286. The Morgan fingerprint density at radius 2 is 2.27 bits per heavy atom. The van der Waals surface area contributed by atoms with Crippen LogP contribution in [0.5, 0.6) is 11.5 Å². The standard InChI is InChI=1S/C14H16N4O3S/c1-4-13-16-17-14(22)18(13)15-8-10-5-6-11(21-9(2)19)12(7-10)20-3/h5-8H,4H2,1-3H3,(H,17,22)/b15-8-. The molecule has 22 heavy (non-hydrogen) atoms. The summed E-state index contributed by atoms with van der Waals surface area (Å²) in [6.45, 7) is 3.30. The van der Waals surface area contributed by atoms with Crippen molar-refractivity contribution in [1.29, 1.82) is 0 Å². The highest BCUT2D eigenvalue weighted by atomic mass is 32.1. The molecular weight excluding hydrogens is 304 g/mol. The van der Waals surface area contributed by atoms with Crippen LogP contribution in [0, 0.1) is 4.77 Å². The Bertz CT molecular complexity index is 764. The number of carbonyl (C=O) groups is 1. The summed E-state index contributed by atoms with van der Waals surface area (Å²) in [6.07, 6.45) is 2.34. The molecule has 0 spiro atoms. The maximum absolute atomic E-state index is 11.0. The van der Waals surface area contributed by atoms with Crippen molar-refractivity contribution in [3.63, 3.8) is 0 Å². The van der Waals surface area contributed by atoms with Gasteiger partial charge in [-0.25, -0.2) is 0 Å². The van der Waals surface area contributed by atoms with Crippen LogP contribution in [0.2, 0.25) is 0 Å². The van der Waals surface area contributed by atoms with Gasteiger partial charge in [-0.3, -0.25) is 9.89 Å². The van der Waals surface area contributed by atoms with Crippen LogP contribution in [0.1, 0.15) is 25.2 Å². The molecule has 0 unspecified atom stereocenters. The predicted molar refractivity (Wildman–Crippen MR) is 84.1 cm³/mol. The predicted octanol–water partition coefficient (Wildman–Crippen LogP) is 2.32. The summed E-state index contributed by atoms with van der Waals surface area (Å²) in [6, 6.07) is 5.13. The molecule has 1 aromatic carbocycles. The van der Waals surface area contributed by atoms with Gasteiger partial charge in [0.1, 0.15) is 0 Å². The van der Waals surface area contributed by atoms with Crippen molar-refractivity contribution in [2.75, 3.05) is 7.11 Å². The molecule has 0 aliphatic heterocycles. The zero-order chi connectivity index (χ0) is 16.1. The molecule has 1 heterocycles. The Morgan fingerprint density at radius 3 is 2.91 bits per heavy atom. The summed E-state index contributed by atoms with van der Waals surface area (Å²) in [7, 11) is 1.50. The number of benzene rings is 1. The van der Waals surface area contributed by atoms with Gasteiger partial charge in [0.2, 0.25) is 4.77 Å². The first kappa shape index (κ1) is 15.9. The van der Waals surface area contributed by atoms with Crippen LogP contribution in [0.25, 0.3) is 0 Å². The molecule has 116 valence electrons. The smallest absolute Gasteiger partial charge is 0.308 e. The van der Waals surface area contributed by atoms with Crippen LogP contribution in [-0.4, -0.2) is 34.2 Å². The summed E-state index contributed by atoms with van der Waals surface area (Å²) in [5.74, 6) is 1.15. The Morgan fingerprint density at radius 1 is 1.50 bits per heavy atom. The molecule has 2 aromatic rings. The Balaban J connectivity index is 2.30. The monoisotopic (exact) mass is 320 g/mol. The number of nitrogens with zero attached hydrogens (tertiary/aromatic N) is 3. The lowest BCUT2D eigenvalue weighted by Gasteiger charge is -2.08. The van der Waals surface area contributed by atoms with Crippen molar-refractivity contribution >= 4 is 24.4 Å². The Hall–Kier alpha value is -2.48. The van der Waals surface area contributed by atoms with Gasteiger partial charge in [-0.1, -0.05) is 6.92 Å². The highest BCUT2D eigenvalue weighted by molar-refractivity contribution is 7.71. The zero-order valence-corrected chi connectivity index (χ0v) is 13.3. The maximum Gasteiger partial charge on any atom is 0.308 e. The van der Waals surface area contributed by atoms with E-state index in [4.69, 9.17) is 21.7 Å². The minimum Gasteiger partial charge on any atom is -0.493 e. The van der Waals surface area contributed by atoms with Crippen LogP contribution < -0.4 is 9.47 Å². The van der Waals surface area contributed by atoms with Gasteiger partial charge < -0.3 is 9.47 Å². The number of hydrogen-bond acceptors (Lipinski definition) is 6. The molecule has 1 aromatic heterocycles. The van der Waals surface area contributed by atoms with Gasteiger partial charge in [0, 0.05) is 13.3 Å². The van der Waals surface area contributed by atoms with Gasteiger partial charge in [0.05, 0.1) is 13.3 Å². The number of methoxy groups -OCH3 is 1. The van der Waals surface area contributed by atoms with Crippen LogP contribution >= 0.6 is 12.2 Å². The van der Waals surface area contributed by atoms with Crippen molar-refractivity contribution in [3.8, 4) is 11.5 Å². The molecule has 0 aliphatic rings. The zero-order valence-electron chi connectivity index (χ0n) is 12.5. The Labute approximate surface area is 132 Å². The van der Waals surface area contributed by atoms with E-state index in [2.05, 4.69) is 15.3 Å². The number of carbonyl (C=O) groups excluding carboxylic acids is 1. The molecule has 0 saturated carbocycles. The van der Waals surface area contributed by atoms with Crippen LogP contribution in [0.3, 0.4) is 0 Å². The van der Waals surface area contributed by atoms with E-state index < -0.39 is 5.97 Å². The molecule has 1 N–H and O–H groups in total. The second-order valence-corrected chi connectivity index (χ2v) is 4.75. The van der Waals surface area contributed by atoms with E-state index >= 15 is 0 Å². The number of nitrogens with one attached hydrogen (secondary N) is 1. The average Bonchev–Trinajstić information content (AvgIpc) is 2.86. The number of H-pyrrole nitrogens is 1. The molecule has 0 fully saturated rings. The van der Waals surface area contributed by atoms with Gasteiger partial charge in [0.25, 0.3) is 0 Å².